The number of benzene rings is 1. The molecule has 0 spiro atoms. The van der Waals surface area contributed by atoms with Gasteiger partial charge in [-0.2, -0.15) is 0 Å². The van der Waals surface area contributed by atoms with Gasteiger partial charge in [-0.25, -0.2) is 4.98 Å². The second kappa shape index (κ2) is 6.39. The lowest BCUT2D eigenvalue weighted by atomic mass is 10.1. The Hall–Kier alpha value is -2.07. The van der Waals surface area contributed by atoms with E-state index in [0.717, 1.165) is 5.56 Å². The molecule has 1 amide bonds. The van der Waals surface area contributed by atoms with Crippen LogP contribution in [0.5, 0.6) is 0 Å². The Balaban J connectivity index is 2.16. The molecular weight excluding hydrogens is 274 g/mol. The summed E-state index contributed by atoms with van der Waals surface area (Å²) in [7, 11) is 3.74. The molecule has 0 aliphatic rings. The number of hydrogen-bond donors (Lipinski definition) is 1. The number of amides is 1. The zero-order valence-corrected chi connectivity index (χ0v) is 12.1. The number of aromatic nitrogens is 1. The van der Waals surface area contributed by atoms with Crippen LogP contribution in [0.3, 0.4) is 0 Å². The fourth-order valence-corrected chi connectivity index (χ4v) is 2.02. The maximum Gasteiger partial charge on any atom is 0.247 e. The number of anilines is 2. The summed E-state index contributed by atoms with van der Waals surface area (Å²) < 4.78 is 0. The van der Waals surface area contributed by atoms with Crippen molar-refractivity contribution in [2.75, 3.05) is 24.3 Å². The highest BCUT2D eigenvalue weighted by Gasteiger charge is 2.19. The van der Waals surface area contributed by atoms with Crippen molar-refractivity contribution in [1.82, 2.24) is 4.98 Å². The van der Waals surface area contributed by atoms with Crippen LogP contribution in [0.25, 0.3) is 0 Å². The van der Waals surface area contributed by atoms with Crippen molar-refractivity contribution in [1.29, 1.82) is 0 Å². The highest BCUT2D eigenvalue weighted by molar-refractivity contribution is 6.32. The largest absolute Gasteiger partial charge is 0.361 e. The SMILES string of the molecule is CN(C)c1ncccc1NC(=O)C(Cl)c1ccccc1. The normalized spacial score (nSPS) is 11.8. The Morgan fingerprint density at radius 3 is 2.55 bits per heavy atom. The molecule has 0 aliphatic carbocycles. The van der Waals surface area contributed by atoms with Crippen molar-refractivity contribution in [2.45, 2.75) is 5.38 Å². The van der Waals surface area contributed by atoms with Crippen LogP contribution in [0.4, 0.5) is 11.5 Å². The fraction of sp³-hybridized carbons (Fsp3) is 0.200. The summed E-state index contributed by atoms with van der Waals surface area (Å²) in [6.45, 7) is 0. The van der Waals surface area contributed by atoms with E-state index in [9.17, 15) is 4.79 Å². The van der Waals surface area contributed by atoms with Gasteiger partial charge in [-0.3, -0.25) is 4.79 Å². The first-order chi connectivity index (χ1) is 9.59. The smallest absolute Gasteiger partial charge is 0.247 e. The molecule has 1 aromatic carbocycles. The number of alkyl halides is 1. The molecule has 0 fully saturated rings. The monoisotopic (exact) mass is 289 g/mol. The molecule has 20 heavy (non-hydrogen) atoms. The van der Waals surface area contributed by atoms with Gasteiger partial charge in [0.2, 0.25) is 5.91 Å². The summed E-state index contributed by atoms with van der Waals surface area (Å²) in [5.74, 6) is 0.423. The van der Waals surface area contributed by atoms with Gasteiger partial charge < -0.3 is 10.2 Å². The average molecular weight is 290 g/mol. The Morgan fingerprint density at radius 2 is 1.90 bits per heavy atom. The van der Waals surface area contributed by atoms with Crippen LogP contribution in [-0.4, -0.2) is 25.0 Å². The van der Waals surface area contributed by atoms with Crippen LogP contribution in [0.15, 0.2) is 48.7 Å². The fourth-order valence-electron chi connectivity index (χ4n) is 1.82. The molecule has 5 heteroatoms. The topological polar surface area (TPSA) is 45.2 Å². The first-order valence-electron chi connectivity index (χ1n) is 6.22. The molecule has 1 heterocycles. The van der Waals surface area contributed by atoms with Crippen molar-refractivity contribution in [3.63, 3.8) is 0 Å². The van der Waals surface area contributed by atoms with E-state index in [1.165, 1.54) is 0 Å². The Bertz CT molecular complexity index is 587. The number of halogens is 1. The van der Waals surface area contributed by atoms with Crippen molar-refractivity contribution in [2.24, 2.45) is 0 Å². The summed E-state index contributed by atoms with van der Waals surface area (Å²) in [5, 5.41) is 2.08. The number of nitrogens with zero attached hydrogens (tertiary/aromatic N) is 2. The molecular formula is C15H16ClN3O. The molecule has 0 saturated carbocycles. The Kier molecular flexibility index (Phi) is 4.58. The number of rotatable bonds is 4. The van der Waals surface area contributed by atoms with E-state index in [4.69, 9.17) is 11.6 Å². The van der Waals surface area contributed by atoms with Crippen LogP contribution >= 0.6 is 11.6 Å². The summed E-state index contributed by atoms with van der Waals surface area (Å²) in [4.78, 5) is 18.3. The third-order valence-electron chi connectivity index (χ3n) is 2.79. The molecule has 1 atom stereocenters. The third kappa shape index (κ3) is 3.27. The highest BCUT2D eigenvalue weighted by atomic mass is 35.5. The molecule has 2 aromatic rings. The lowest BCUT2D eigenvalue weighted by Gasteiger charge is -2.17. The van der Waals surface area contributed by atoms with E-state index in [-0.39, 0.29) is 5.91 Å². The summed E-state index contributed by atoms with van der Waals surface area (Å²) >= 11 is 6.19. The molecule has 0 radical (unpaired) electrons. The van der Waals surface area contributed by atoms with E-state index in [1.807, 2.05) is 49.3 Å². The second-order valence-corrected chi connectivity index (χ2v) is 4.97. The van der Waals surface area contributed by atoms with Crippen molar-refractivity contribution in [3.8, 4) is 0 Å². The van der Waals surface area contributed by atoms with Crippen LogP contribution in [0.2, 0.25) is 0 Å². The molecule has 0 saturated heterocycles. The molecule has 4 nitrogen and oxygen atoms in total. The number of carbonyl (C=O) groups excluding carboxylic acids is 1. The van der Waals surface area contributed by atoms with Gasteiger partial charge in [-0.15, -0.1) is 11.6 Å². The number of pyridine rings is 1. The molecule has 0 aliphatic heterocycles. The first-order valence-corrected chi connectivity index (χ1v) is 6.65. The summed E-state index contributed by atoms with van der Waals surface area (Å²) in [6.07, 6.45) is 1.68. The number of nitrogens with one attached hydrogen (secondary N) is 1. The minimum atomic E-state index is -0.730. The molecule has 1 aromatic heterocycles. The second-order valence-electron chi connectivity index (χ2n) is 4.53. The van der Waals surface area contributed by atoms with Gasteiger partial charge in [-0.1, -0.05) is 30.3 Å². The quantitative estimate of drug-likeness (QED) is 0.880. The maximum atomic E-state index is 12.2. The number of hydrogen-bond acceptors (Lipinski definition) is 3. The lowest BCUT2D eigenvalue weighted by Crippen LogP contribution is -2.20. The minimum Gasteiger partial charge on any atom is -0.361 e. The van der Waals surface area contributed by atoms with E-state index >= 15 is 0 Å². The third-order valence-corrected chi connectivity index (χ3v) is 3.24. The lowest BCUT2D eigenvalue weighted by molar-refractivity contribution is -0.116. The van der Waals surface area contributed by atoms with Gasteiger partial charge in [0.25, 0.3) is 0 Å². The van der Waals surface area contributed by atoms with E-state index in [1.54, 1.807) is 18.3 Å². The van der Waals surface area contributed by atoms with E-state index in [0.29, 0.717) is 11.5 Å². The average Bonchev–Trinajstić information content (AvgIpc) is 2.47. The van der Waals surface area contributed by atoms with Gasteiger partial charge in [0.05, 0.1) is 5.69 Å². The summed E-state index contributed by atoms with van der Waals surface area (Å²) in [5.41, 5.74) is 1.41. The van der Waals surface area contributed by atoms with E-state index in [2.05, 4.69) is 10.3 Å². The zero-order chi connectivity index (χ0) is 14.5. The van der Waals surface area contributed by atoms with Crippen LogP contribution < -0.4 is 10.2 Å². The van der Waals surface area contributed by atoms with Gasteiger partial charge in [0, 0.05) is 20.3 Å². The van der Waals surface area contributed by atoms with Crippen LogP contribution in [-0.2, 0) is 4.79 Å². The van der Waals surface area contributed by atoms with Crippen LogP contribution in [0.1, 0.15) is 10.9 Å². The van der Waals surface area contributed by atoms with Crippen molar-refractivity contribution in [3.05, 3.63) is 54.2 Å². The maximum absolute atomic E-state index is 12.2. The highest BCUT2D eigenvalue weighted by Crippen LogP contribution is 2.25. The predicted molar refractivity (Wildman–Crippen MR) is 82.2 cm³/mol. The molecule has 104 valence electrons. The molecule has 2 rings (SSSR count). The molecule has 1 unspecified atom stereocenters. The minimum absolute atomic E-state index is 0.269. The molecule has 0 bridgehead atoms. The molecule has 1 N–H and O–H groups in total. The Morgan fingerprint density at radius 1 is 1.20 bits per heavy atom. The van der Waals surface area contributed by atoms with Crippen molar-refractivity contribution >= 4 is 29.0 Å². The van der Waals surface area contributed by atoms with Crippen LogP contribution in [0, 0.1) is 0 Å². The predicted octanol–water partition coefficient (Wildman–Crippen LogP) is 3.07. The van der Waals surface area contributed by atoms with Crippen molar-refractivity contribution < 1.29 is 4.79 Å². The Labute approximate surface area is 123 Å². The zero-order valence-electron chi connectivity index (χ0n) is 11.4. The summed E-state index contributed by atoms with van der Waals surface area (Å²) in [6, 6.07) is 12.8. The standard InChI is InChI=1S/C15H16ClN3O/c1-19(2)14-12(9-6-10-17-14)18-15(20)13(16)11-7-4-3-5-8-11/h3-10,13H,1-2H3,(H,18,20). The first kappa shape index (κ1) is 14.3. The number of carbonyl (C=O) groups is 1. The van der Waals surface area contributed by atoms with Gasteiger partial charge >= 0.3 is 0 Å². The van der Waals surface area contributed by atoms with Gasteiger partial charge in [-0.05, 0) is 17.7 Å². The van der Waals surface area contributed by atoms with Gasteiger partial charge in [0.1, 0.15) is 5.38 Å². The van der Waals surface area contributed by atoms with Gasteiger partial charge in [0.15, 0.2) is 5.82 Å². The van der Waals surface area contributed by atoms with E-state index < -0.39 is 5.38 Å².